The second-order valence-corrected chi connectivity index (χ2v) is 6.31. The van der Waals surface area contributed by atoms with Gasteiger partial charge in [0.15, 0.2) is 0 Å². The molecule has 23 heavy (non-hydrogen) atoms. The van der Waals surface area contributed by atoms with Gasteiger partial charge in [-0.3, -0.25) is 0 Å². The fourth-order valence-corrected chi connectivity index (χ4v) is 2.25. The first-order valence-corrected chi connectivity index (χ1v) is 8.00. The summed E-state index contributed by atoms with van der Waals surface area (Å²) in [5, 5.41) is 3.03. The van der Waals surface area contributed by atoms with Gasteiger partial charge in [-0.2, -0.15) is 0 Å². The number of hydrogen-bond donors (Lipinski definition) is 1. The van der Waals surface area contributed by atoms with Gasteiger partial charge < -0.3 is 15.0 Å². The number of amides is 2. The minimum Gasteiger partial charge on any atom is -0.423 e. The van der Waals surface area contributed by atoms with Gasteiger partial charge in [-0.25, -0.2) is 9.59 Å². The molecule has 128 valence electrons. The Morgan fingerprint density at radius 3 is 2.22 bits per heavy atom. The topological polar surface area (TPSA) is 58.6 Å². The Kier molecular flexibility index (Phi) is 7.07. The van der Waals surface area contributed by atoms with Crippen molar-refractivity contribution in [2.45, 2.75) is 59.4 Å². The highest BCUT2D eigenvalue weighted by molar-refractivity contribution is 5.88. The van der Waals surface area contributed by atoms with E-state index in [0.29, 0.717) is 17.0 Å². The minimum absolute atomic E-state index is 0.134. The zero-order chi connectivity index (χ0) is 17.6. The molecule has 1 saturated carbocycles. The molecular weight excluding hydrogens is 292 g/mol. The van der Waals surface area contributed by atoms with Crippen LogP contribution in [0.3, 0.4) is 0 Å². The molecule has 0 aromatic rings. The molecule has 1 fully saturated rings. The number of ether oxygens (including phenoxy) is 1. The Morgan fingerprint density at radius 2 is 1.74 bits per heavy atom. The number of hydrogen-bond acceptors (Lipinski definition) is 3. The van der Waals surface area contributed by atoms with Crippen molar-refractivity contribution in [1.29, 1.82) is 0 Å². The van der Waals surface area contributed by atoms with E-state index in [1.165, 1.54) is 17.7 Å². The van der Waals surface area contributed by atoms with Crippen molar-refractivity contribution in [2.75, 3.05) is 7.05 Å². The first-order chi connectivity index (χ1) is 10.7. The van der Waals surface area contributed by atoms with E-state index in [2.05, 4.69) is 11.9 Å². The lowest BCUT2D eigenvalue weighted by Crippen LogP contribution is -2.41. The van der Waals surface area contributed by atoms with E-state index in [1.807, 2.05) is 20.8 Å². The zero-order valence-corrected chi connectivity index (χ0v) is 14.9. The van der Waals surface area contributed by atoms with E-state index in [1.54, 1.807) is 20.0 Å². The van der Waals surface area contributed by atoms with Gasteiger partial charge >= 0.3 is 12.0 Å². The molecule has 0 bridgehead atoms. The third-order valence-electron chi connectivity index (χ3n) is 3.90. The fourth-order valence-electron chi connectivity index (χ4n) is 2.25. The fraction of sp³-hybridized carbons (Fsp3) is 0.556. The van der Waals surface area contributed by atoms with Crippen LogP contribution in [0.5, 0.6) is 0 Å². The van der Waals surface area contributed by atoms with Gasteiger partial charge in [0.25, 0.3) is 0 Å². The highest BCUT2D eigenvalue weighted by atomic mass is 16.5. The van der Waals surface area contributed by atoms with Crippen LogP contribution in [-0.2, 0) is 9.53 Å². The van der Waals surface area contributed by atoms with Gasteiger partial charge in [-0.05, 0) is 46.1 Å². The molecule has 1 aliphatic carbocycles. The van der Waals surface area contributed by atoms with Crippen LogP contribution in [0.4, 0.5) is 4.79 Å². The van der Waals surface area contributed by atoms with Crippen LogP contribution >= 0.6 is 0 Å². The Morgan fingerprint density at radius 1 is 1.17 bits per heavy atom. The molecule has 0 radical (unpaired) electrons. The summed E-state index contributed by atoms with van der Waals surface area (Å²) >= 11 is 0. The van der Waals surface area contributed by atoms with E-state index >= 15 is 0 Å². The average Bonchev–Trinajstić information content (AvgIpc) is 2.97. The lowest BCUT2D eigenvalue weighted by atomic mass is 10.2. The molecule has 5 heteroatoms. The molecule has 0 unspecified atom stereocenters. The molecule has 0 saturated heterocycles. The van der Waals surface area contributed by atoms with Crippen LogP contribution in [0.2, 0.25) is 0 Å². The Hall–Kier alpha value is -2.04. The number of esters is 1. The van der Waals surface area contributed by atoms with Gasteiger partial charge in [0.1, 0.15) is 5.76 Å². The van der Waals surface area contributed by atoms with Crippen LogP contribution in [0.25, 0.3) is 0 Å². The predicted molar refractivity (Wildman–Crippen MR) is 91.6 cm³/mol. The smallest absolute Gasteiger partial charge is 0.338 e. The molecule has 0 spiro atoms. The van der Waals surface area contributed by atoms with Crippen molar-refractivity contribution < 1.29 is 14.3 Å². The molecule has 5 nitrogen and oxygen atoms in total. The number of allylic oxidation sites excluding steroid dienone is 3. The van der Waals surface area contributed by atoms with Crippen LogP contribution in [0.1, 0.15) is 53.4 Å². The summed E-state index contributed by atoms with van der Waals surface area (Å²) in [7, 11) is 1.71. The van der Waals surface area contributed by atoms with Gasteiger partial charge in [-0.1, -0.05) is 19.4 Å². The van der Waals surface area contributed by atoms with Gasteiger partial charge in [0, 0.05) is 30.4 Å². The van der Waals surface area contributed by atoms with Crippen molar-refractivity contribution in [3.05, 3.63) is 35.3 Å². The second-order valence-electron chi connectivity index (χ2n) is 6.31. The predicted octanol–water partition coefficient (Wildman–Crippen LogP) is 3.89. The lowest BCUT2D eigenvalue weighted by molar-refractivity contribution is -0.134. The molecule has 1 rings (SSSR count). The Balaban J connectivity index is 2.77. The maximum atomic E-state index is 12.3. The Bertz CT molecular complexity index is 536. The summed E-state index contributed by atoms with van der Waals surface area (Å²) in [4.78, 5) is 25.5. The standard InChI is InChI=1S/C18H28N2O3/c1-12(2)16(23-17(21)13(3)4)11-14(5)20(6)18(22)19-15-9-7-8-10-15/h11,15H,3,7-10H2,1-2,4-6H3,(H,19,22)/b14-11+. The molecule has 0 aromatic heterocycles. The van der Waals surface area contributed by atoms with E-state index in [0.717, 1.165) is 18.4 Å². The first-order valence-electron chi connectivity index (χ1n) is 8.00. The summed E-state index contributed by atoms with van der Waals surface area (Å²) < 4.78 is 5.31. The van der Waals surface area contributed by atoms with Crippen LogP contribution in [0.15, 0.2) is 35.3 Å². The lowest BCUT2D eigenvalue weighted by Gasteiger charge is -2.22. The maximum Gasteiger partial charge on any atom is 0.338 e. The number of rotatable bonds is 5. The molecule has 0 atom stereocenters. The van der Waals surface area contributed by atoms with Crippen LogP contribution in [-0.4, -0.2) is 30.0 Å². The molecule has 2 amide bonds. The zero-order valence-electron chi connectivity index (χ0n) is 14.9. The van der Waals surface area contributed by atoms with Crippen molar-refractivity contribution in [3.63, 3.8) is 0 Å². The number of nitrogens with one attached hydrogen (secondary N) is 1. The molecule has 0 heterocycles. The van der Waals surface area contributed by atoms with Crippen LogP contribution < -0.4 is 5.32 Å². The molecule has 1 N–H and O–H groups in total. The van der Waals surface area contributed by atoms with Gasteiger partial charge in [0.05, 0.1) is 0 Å². The summed E-state index contributed by atoms with van der Waals surface area (Å²) in [6, 6.07) is 0.131. The normalized spacial score (nSPS) is 15.1. The number of nitrogens with zero attached hydrogens (tertiary/aromatic N) is 1. The van der Waals surface area contributed by atoms with E-state index < -0.39 is 5.97 Å². The van der Waals surface area contributed by atoms with Crippen molar-refractivity contribution in [1.82, 2.24) is 10.2 Å². The van der Waals surface area contributed by atoms with Crippen molar-refractivity contribution in [3.8, 4) is 0 Å². The summed E-state index contributed by atoms with van der Waals surface area (Å²) in [6.45, 7) is 10.7. The van der Waals surface area contributed by atoms with Crippen molar-refractivity contribution >= 4 is 12.0 Å². The largest absolute Gasteiger partial charge is 0.423 e. The monoisotopic (exact) mass is 320 g/mol. The molecular formula is C18H28N2O3. The molecule has 0 aromatic carbocycles. The third-order valence-corrected chi connectivity index (χ3v) is 3.90. The number of urea groups is 1. The number of carbonyl (C=O) groups is 2. The van der Waals surface area contributed by atoms with Crippen molar-refractivity contribution in [2.24, 2.45) is 0 Å². The van der Waals surface area contributed by atoms with Gasteiger partial charge in [-0.15, -0.1) is 0 Å². The second kappa shape index (κ2) is 8.56. The molecule has 1 aliphatic rings. The van der Waals surface area contributed by atoms with Crippen LogP contribution in [0, 0.1) is 0 Å². The number of carbonyl (C=O) groups excluding carboxylic acids is 2. The Labute approximate surface area is 139 Å². The highest BCUT2D eigenvalue weighted by Gasteiger charge is 2.20. The first kappa shape index (κ1) is 19.0. The summed E-state index contributed by atoms with van der Waals surface area (Å²) in [6.07, 6.45) is 6.12. The van der Waals surface area contributed by atoms with E-state index in [9.17, 15) is 9.59 Å². The average molecular weight is 320 g/mol. The molecule has 0 aliphatic heterocycles. The van der Waals surface area contributed by atoms with Gasteiger partial charge in [0.2, 0.25) is 0 Å². The van der Waals surface area contributed by atoms with E-state index in [-0.39, 0.29) is 12.1 Å². The summed E-state index contributed by atoms with van der Waals surface area (Å²) in [5.74, 6) is -0.0284. The maximum absolute atomic E-state index is 12.3. The SMILES string of the molecule is C=C(C)C(=O)OC(/C=C(\C)N(C)C(=O)NC1CCCC1)=C(C)C. The quantitative estimate of drug-likeness (QED) is 0.362. The minimum atomic E-state index is -0.469. The highest BCUT2D eigenvalue weighted by Crippen LogP contribution is 2.19. The summed E-state index contributed by atoms with van der Waals surface area (Å²) in [5.41, 5.74) is 1.89. The van der Waals surface area contributed by atoms with E-state index in [4.69, 9.17) is 4.74 Å². The third kappa shape index (κ3) is 5.93.